The van der Waals surface area contributed by atoms with Gasteiger partial charge in [-0.15, -0.1) is 0 Å². The first kappa shape index (κ1) is 30.0. The lowest BCUT2D eigenvalue weighted by Crippen LogP contribution is -2.53. The minimum atomic E-state index is -4.72. The summed E-state index contributed by atoms with van der Waals surface area (Å²) in [7, 11) is 0. The van der Waals surface area contributed by atoms with Crippen molar-refractivity contribution in [1.82, 2.24) is 4.90 Å². The lowest BCUT2D eigenvalue weighted by atomic mass is 9.78. The number of alkyl halides is 6. The van der Waals surface area contributed by atoms with Crippen molar-refractivity contribution in [3.05, 3.63) is 41.5 Å². The molecule has 2 bridgehead atoms. The summed E-state index contributed by atoms with van der Waals surface area (Å²) in [6, 6.07) is 8.14. The van der Waals surface area contributed by atoms with Crippen LogP contribution in [-0.2, 0) is 22.3 Å². The highest BCUT2D eigenvalue weighted by Gasteiger charge is 2.44. The summed E-state index contributed by atoms with van der Waals surface area (Å²) in [5, 5.41) is 0.504. The van der Waals surface area contributed by atoms with Crippen molar-refractivity contribution in [3.63, 3.8) is 0 Å². The van der Waals surface area contributed by atoms with E-state index in [1.165, 1.54) is 6.07 Å². The Balaban J connectivity index is 1.42. The molecule has 2 aliphatic heterocycles. The van der Waals surface area contributed by atoms with E-state index in [0.717, 1.165) is 19.3 Å². The average Bonchev–Trinajstić information content (AvgIpc) is 2.87. The predicted octanol–water partition coefficient (Wildman–Crippen LogP) is 8.44. The van der Waals surface area contributed by atoms with Gasteiger partial charge in [-0.25, -0.2) is 0 Å². The molecule has 2 aromatic rings. The Hall–Kier alpha value is -2.49. The smallest absolute Gasteiger partial charge is 0.420 e. The summed E-state index contributed by atoms with van der Waals surface area (Å²) in [5.74, 6) is -2.19. The van der Waals surface area contributed by atoms with E-state index in [9.17, 15) is 31.1 Å². The fraction of sp³-hybridized carbons (Fsp3) is 0.645. The number of nitrogens with zero attached hydrogens (tertiary/aromatic N) is 1. The molecule has 3 aliphatic rings. The molecule has 2 atom stereocenters. The van der Waals surface area contributed by atoms with Gasteiger partial charge < -0.3 is 9.47 Å². The maximum Gasteiger partial charge on any atom is 0.420 e. The van der Waals surface area contributed by atoms with Crippen LogP contribution in [0.4, 0.5) is 26.3 Å². The fourth-order valence-electron chi connectivity index (χ4n) is 7.09. The molecule has 2 unspecified atom stereocenters. The summed E-state index contributed by atoms with van der Waals surface area (Å²) in [4.78, 5) is 14.9. The quantitative estimate of drug-likeness (QED) is 0.252. The molecule has 2 saturated heterocycles. The molecule has 2 aromatic carbocycles. The maximum absolute atomic E-state index is 14.7. The zero-order chi connectivity index (χ0) is 29.5. The second kappa shape index (κ2) is 11.7. The van der Waals surface area contributed by atoms with Gasteiger partial charge in [0.1, 0.15) is 11.3 Å². The summed E-state index contributed by atoms with van der Waals surface area (Å²) in [6.45, 7) is 3.94. The molecule has 2 heterocycles. The number of carbonyl (C=O) groups is 1. The molecule has 0 N–H and O–H groups in total. The number of rotatable bonds is 6. The van der Waals surface area contributed by atoms with Gasteiger partial charge in [0.15, 0.2) is 0 Å². The fourth-order valence-corrected chi connectivity index (χ4v) is 7.09. The van der Waals surface area contributed by atoms with Crippen molar-refractivity contribution in [2.24, 2.45) is 11.8 Å². The van der Waals surface area contributed by atoms with Gasteiger partial charge in [-0.05, 0) is 82.2 Å². The van der Waals surface area contributed by atoms with Crippen LogP contribution >= 0.6 is 0 Å². The first-order valence-corrected chi connectivity index (χ1v) is 14.6. The minimum Gasteiger partial charge on any atom is -0.490 e. The van der Waals surface area contributed by atoms with Crippen LogP contribution in [0.3, 0.4) is 0 Å². The van der Waals surface area contributed by atoms with Gasteiger partial charge in [0.25, 0.3) is 0 Å². The van der Waals surface area contributed by atoms with E-state index in [2.05, 4.69) is 4.90 Å². The third kappa shape index (κ3) is 6.62. The van der Waals surface area contributed by atoms with Gasteiger partial charge in [0, 0.05) is 24.0 Å². The SMILES string of the molecule is CC(C)OC(=O)C1CC2CCCC(C1)N2Cc1cccc2ccc(O[C@H]3CC[C@@H](C(F)(F)F)CC3)c(C(F)(F)F)c12. The van der Waals surface area contributed by atoms with Gasteiger partial charge >= 0.3 is 18.3 Å². The van der Waals surface area contributed by atoms with E-state index in [-0.39, 0.29) is 66.9 Å². The Bertz CT molecular complexity index is 1220. The van der Waals surface area contributed by atoms with E-state index < -0.39 is 29.9 Å². The maximum atomic E-state index is 14.7. The van der Waals surface area contributed by atoms with E-state index in [1.54, 1.807) is 24.3 Å². The standard InChI is InChI=1S/C31H37F6NO3/c1-18(2)40-29(39)21-15-23-7-4-8-24(16-21)38(23)17-20-6-3-5-19-9-14-26(28(27(19)20)31(35,36)37)41-25-12-10-22(11-13-25)30(32,33)34/h3,5-6,9,14,18,21-25H,4,7-8,10-13,15-17H2,1-2H3/t21?,22-,23?,24?,25+. The first-order valence-electron chi connectivity index (χ1n) is 14.6. The van der Waals surface area contributed by atoms with Crippen LogP contribution in [0.2, 0.25) is 0 Å². The van der Waals surface area contributed by atoms with E-state index in [1.807, 2.05) is 13.8 Å². The van der Waals surface area contributed by atoms with E-state index in [4.69, 9.17) is 9.47 Å². The molecular formula is C31H37F6NO3. The number of halogens is 6. The molecule has 3 fully saturated rings. The lowest BCUT2D eigenvalue weighted by molar-refractivity contribution is -0.185. The van der Waals surface area contributed by atoms with Crippen LogP contribution in [0.25, 0.3) is 10.8 Å². The molecule has 5 rings (SSSR count). The van der Waals surface area contributed by atoms with Gasteiger partial charge in [-0.3, -0.25) is 9.69 Å². The Morgan fingerprint density at radius 3 is 2.17 bits per heavy atom. The van der Waals surface area contributed by atoms with Crippen LogP contribution < -0.4 is 4.74 Å². The second-order valence-electron chi connectivity index (χ2n) is 12.1. The van der Waals surface area contributed by atoms with Gasteiger partial charge in [0.05, 0.1) is 24.0 Å². The molecule has 0 aromatic heterocycles. The highest BCUT2D eigenvalue weighted by Crippen LogP contribution is 2.46. The van der Waals surface area contributed by atoms with Crippen molar-refractivity contribution < 1.29 is 40.6 Å². The summed E-state index contributed by atoms with van der Waals surface area (Å²) < 4.78 is 94.7. The number of carbonyl (C=O) groups excluding carboxylic acids is 1. The van der Waals surface area contributed by atoms with Gasteiger partial charge in [-0.2, -0.15) is 26.3 Å². The van der Waals surface area contributed by atoms with Crippen LogP contribution in [-0.4, -0.2) is 41.3 Å². The normalized spacial score (nSPS) is 27.7. The molecule has 0 spiro atoms. The van der Waals surface area contributed by atoms with Crippen molar-refractivity contribution in [2.75, 3.05) is 0 Å². The number of fused-ring (bicyclic) bond motifs is 3. The van der Waals surface area contributed by atoms with Crippen LogP contribution in [0, 0.1) is 11.8 Å². The average molecular weight is 586 g/mol. The zero-order valence-electron chi connectivity index (χ0n) is 23.4. The Morgan fingerprint density at radius 1 is 0.927 bits per heavy atom. The van der Waals surface area contributed by atoms with Crippen LogP contribution in [0.15, 0.2) is 30.3 Å². The second-order valence-corrected chi connectivity index (χ2v) is 12.1. The number of esters is 1. The Kier molecular flexibility index (Phi) is 8.52. The molecule has 41 heavy (non-hydrogen) atoms. The first-order chi connectivity index (χ1) is 19.3. The third-order valence-corrected chi connectivity index (χ3v) is 8.97. The lowest BCUT2D eigenvalue weighted by Gasteiger charge is -2.48. The van der Waals surface area contributed by atoms with Crippen molar-refractivity contribution in [1.29, 1.82) is 0 Å². The number of hydrogen-bond acceptors (Lipinski definition) is 4. The predicted molar refractivity (Wildman–Crippen MR) is 142 cm³/mol. The molecule has 1 saturated carbocycles. The largest absolute Gasteiger partial charge is 0.490 e. The van der Waals surface area contributed by atoms with Crippen molar-refractivity contribution in [3.8, 4) is 5.75 Å². The van der Waals surface area contributed by atoms with Gasteiger partial charge in [-0.1, -0.05) is 30.7 Å². The molecule has 4 nitrogen and oxygen atoms in total. The monoisotopic (exact) mass is 585 g/mol. The Morgan fingerprint density at radius 2 is 1.59 bits per heavy atom. The minimum absolute atomic E-state index is 0.0543. The third-order valence-electron chi connectivity index (χ3n) is 8.97. The number of ether oxygens (including phenoxy) is 2. The number of piperidine rings is 2. The molecule has 0 radical (unpaired) electrons. The van der Waals surface area contributed by atoms with Crippen molar-refractivity contribution in [2.45, 2.75) is 115 Å². The number of hydrogen-bond donors (Lipinski definition) is 0. The molecule has 0 amide bonds. The summed E-state index contributed by atoms with van der Waals surface area (Å²) in [6.07, 6.45) is -6.15. The topological polar surface area (TPSA) is 38.8 Å². The highest BCUT2D eigenvalue weighted by atomic mass is 19.4. The summed E-state index contributed by atoms with van der Waals surface area (Å²) >= 11 is 0. The van der Waals surface area contributed by atoms with Crippen LogP contribution in [0.1, 0.15) is 82.8 Å². The zero-order valence-corrected chi connectivity index (χ0v) is 23.4. The van der Waals surface area contributed by atoms with E-state index in [0.29, 0.717) is 30.3 Å². The van der Waals surface area contributed by atoms with E-state index >= 15 is 0 Å². The van der Waals surface area contributed by atoms with Crippen LogP contribution in [0.5, 0.6) is 5.75 Å². The summed E-state index contributed by atoms with van der Waals surface area (Å²) in [5.41, 5.74) is -0.342. The Labute approximate surface area is 236 Å². The molecular weight excluding hydrogens is 548 g/mol. The highest BCUT2D eigenvalue weighted by molar-refractivity contribution is 5.91. The number of benzene rings is 2. The molecule has 10 heteroatoms. The van der Waals surface area contributed by atoms with Crippen molar-refractivity contribution >= 4 is 16.7 Å². The molecule has 226 valence electrons. The van der Waals surface area contributed by atoms with Gasteiger partial charge in [0.2, 0.25) is 0 Å². The molecule has 1 aliphatic carbocycles.